The lowest BCUT2D eigenvalue weighted by Crippen LogP contribution is -2.50. The molecule has 0 aromatic carbocycles. The molecular weight excluding hydrogens is 218 g/mol. The van der Waals surface area contributed by atoms with E-state index < -0.39 is 11.5 Å². The van der Waals surface area contributed by atoms with Crippen LogP contribution >= 0.6 is 0 Å². The zero-order valence-corrected chi connectivity index (χ0v) is 11.7. The Morgan fingerprint density at radius 2 is 2.00 bits per heavy atom. The molecule has 4 heteroatoms. The van der Waals surface area contributed by atoms with Crippen molar-refractivity contribution >= 4 is 5.97 Å². The minimum Gasteiger partial charge on any atom is -0.480 e. The van der Waals surface area contributed by atoms with Crippen molar-refractivity contribution in [2.45, 2.75) is 59.1 Å². The van der Waals surface area contributed by atoms with Crippen molar-refractivity contribution in [1.29, 1.82) is 0 Å². The van der Waals surface area contributed by atoms with E-state index in [-0.39, 0.29) is 6.10 Å². The molecule has 0 aromatic rings. The smallest absolute Gasteiger partial charge is 0.323 e. The molecule has 0 amide bonds. The topological polar surface area (TPSA) is 58.6 Å². The van der Waals surface area contributed by atoms with E-state index >= 15 is 0 Å². The Labute approximate surface area is 105 Å². The lowest BCUT2D eigenvalue weighted by atomic mass is 9.98. The van der Waals surface area contributed by atoms with Gasteiger partial charge in [-0.3, -0.25) is 4.79 Å². The molecule has 2 N–H and O–H groups in total. The zero-order valence-electron chi connectivity index (χ0n) is 11.7. The average Bonchev–Trinajstić information content (AvgIpc) is 2.25. The van der Waals surface area contributed by atoms with Crippen LogP contribution in [0.3, 0.4) is 0 Å². The van der Waals surface area contributed by atoms with Crippen molar-refractivity contribution in [2.75, 3.05) is 13.2 Å². The van der Waals surface area contributed by atoms with Crippen LogP contribution in [-0.4, -0.2) is 35.9 Å². The number of hydrogen-bond acceptors (Lipinski definition) is 3. The van der Waals surface area contributed by atoms with Crippen molar-refractivity contribution in [3.05, 3.63) is 0 Å². The number of hydrogen-bond donors (Lipinski definition) is 2. The van der Waals surface area contributed by atoms with Crippen LogP contribution in [0.15, 0.2) is 0 Å². The molecule has 0 radical (unpaired) electrons. The summed E-state index contributed by atoms with van der Waals surface area (Å²) >= 11 is 0. The van der Waals surface area contributed by atoms with Crippen LogP contribution in [0.1, 0.15) is 47.5 Å². The number of aliphatic carboxylic acids is 1. The van der Waals surface area contributed by atoms with E-state index in [1.165, 1.54) is 0 Å². The van der Waals surface area contributed by atoms with E-state index in [0.29, 0.717) is 25.5 Å². The summed E-state index contributed by atoms with van der Waals surface area (Å²) in [6.07, 6.45) is 1.57. The first kappa shape index (κ1) is 16.4. The largest absolute Gasteiger partial charge is 0.480 e. The maximum absolute atomic E-state index is 11.2. The van der Waals surface area contributed by atoms with Crippen molar-refractivity contribution in [2.24, 2.45) is 5.92 Å². The molecule has 2 unspecified atom stereocenters. The molecule has 0 spiro atoms. The molecule has 0 heterocycles. The van der Waals surface area contributed by atoms with Gasteiger partial charge < -0.3 is 15.2 Å². The summed E-state index contributed by atoms with van der Waals surface area (Å²) in [5, 5.41) is 12.3. The predicted octanol–water partition coefficient (Wildman–Crippen LogP) is 2.28. The Hall–Kier alpha value is -0.610. The monoisotopic (exact) mass is 245 g/mol. The molecule has 0 fully saturated rings. The van der Waals surface area contributed by atoms with Gasteiger partial charge in [0.2, 0.25) is 0 Å². The summed E-state index contributed by atoms with van der Waals surface area (Å²) in [6.45, 7) is 11.1. The number of rotatable bonds is 9. The predicted molar refractivity (Wildman–Crippen MR) is 69.2 cm³/mol. The third-order valence-corrected chi connectivity index (χ3v) is 3.16. The number of carboxylic acids is 1. The van der Waals surface area contributed by atoms with Gasteiger partial charge in [-0.1, -0.05) is 20.8 Å². The van der Waals surface area contributed by atoms with Crippen molar-refractivity contribution in [3.63, 3.8) is 0 Å². The summed E-state index contributed by atoms with van der Waals surface area (Å²) in [6, 6.07) is 0. The van der Waals surface area contributed by atoms with Crippen LogP contribution in [0.4, 0.5) is 0 Å². The van der Waals surface area contributed by atoms with Gasteiger partial charge in [0, 0.05) is 6.61 Å². The van der Waals surface area contributed by atoms with Gasteiger partial charge in [0.25, 0.3) is 0 Å². The minimum atomic E-state index is -0.882. The highest BCUT2D eigenvalue weighted by molar-refractivity contribution is 5.78. The molecule has 0 bridgehead atoms. The fourth-order valence-corrected chi connectivity index (χ4v) is 1.31. The quantitative estimate of drug-likeness (QED) is 0.654. The molecule has 0 aliphatic carbocycles. The van der Waals surface area contributed by atoms with E-state index in [9.17, 15) is 9.90 Å². The second kappa shape index (κ2) is 7.67. The van der Waals surface area contributed by atoms with Crippen LogP contribution in [0.2, 0.25) is 0 Å². The highest BCUT2D eigenvalue weighted by Gasteiger charge is 2.32. The maximum Gasteiger partial charge on any atom is 0.323 e. The van der Waals surface area contributed by atoms with Crippen LogP contribution in [0.25, 0.3) is 0 Å². The normalized spacial score (nSPS) is 16.8. The molecule has 0 aromatic heterocycles. The SMILES string of the molecule is CCCNC(C)(CCOC(C)C(C)C)C(=O)O. The Morgan fingerprint density at radius 3 is 2.41 bits per heavy atom. The summed E-state index contributed by atoms with van der Waals surface area (Å²) in [5.74, 6) is -0.360. The number of carbonyl (C=O) groups is 1. The van der Waals surface area contributed by atoms with Crippen LogP contribution in [-0.2, 0) is 9.53 Å². The van der Waals surface area contributed by atoms with E-state index in [4.69, 9.17) is 4.74 Å². The number of nitrogens with one attached hydrogen (secondary N) is 1. The highest BCUT2D eigenvalue weighted by atomic mass is 16.5. The standard InChI is InChI=1S/C13H27NO3/c1-6-8-14-13(5,12(15)16)7-9-17-11(4)10(2)3/h10-11,14H,6-9H2,1-5H3,(H,15,16). The van der Waals surface area contributed by atoms with Crippen molar-refractivity contribution < 1.29 is 14.6 Å². The summed E-state index contributed by atoms with van der Waals surface area (Å²) in [5.41, 5.74) is -0.882. The van der Waals surface area contributed by atoms with E-state index in [2.05, 4.69) is 19.2 Å². The van der Waals surface area contributed by atoms with Gasteiger partial charge in [-0.05, 0) is 39.2 Å². The van der Waals surface area contributed by atoms with Crippen LogP contribution in [0.5, 0.6) is 0 Å². The van der Waals surface area contributed by atoms with Gasteiger partial charge in [-0.25, -0.2) is 0 Å². The lowest BCUT2D eigenvalue weighted by molar-refractivity contribution is -0.145. The first-order chi connectivity index (χ1) is 7.83. The van der Waals surface area contributed by atoms with Crippen LogP contribution < -0.4 is 5.32 Å². The molecule has 0 rings (SSSR count). The van der Waals surface area contributed by atoms with E-state index in [1.807, 2.05) is 13.8 Å². The van der Waals surface area contributed by atoms with Gasteiger partial charge in [0.1, 0.15) is 5.54 Å². The molecule has 0 saturated carbocycles. The molecule has 17 heavy (non-hydrogen) atoms. The molecule has 4 nitrogen and oxygen atoms in total. The molecule has 2 atom stereocenters. The molecule has 102 valence electrons. The van der Waals surface area contributed by atoms with Crippen molar-refractivity contribution in [3.8, 4) is 0 Å². The summed E-state index contributed by atoms with van der Waals surface area (Å²) < 4.78 is 5.63. The summed E-state index contributed by atoms with van der Waals surface area (Å²) in [4.78, 5) is 11.2. The zero-order chi connectivity index (χ0) is 13.5. The van der Waals surface area contributed by atoms with Crippen molar-refractivity contribution in [1.82, 2.24) is 5.32 Å². The number of ether oxygens (including phenoxy) is 1. The Balaban J connectivity index is 4.13. The number of carboxylic acid groups (broad SMARTS) is 1. The van der Waals surface area contributed by atoms with E-state index in [0.717, 1.165) is 6.42 Å². The Bertz CT molecular complexity index is 231. The first-order valence-electron chi connectivity index (χ1n) is 6.43. The van der Waals surface area contributed by atoms with Gasteiger partial charge in [-0.2, -0.15) is 0 Å². The lowest BCUT2D eigenvalue weighted by Gasteiger charge is -2.27. The highest BCUT2D eigenvalue weighted by Crippen LogP contribution is 2.13. The molecular formula is C13H27NO3. The third-order valence-electron chi connectivity index (χ3n) is 3.16. The third kappa shape index (κ3) is 6.03. The molecule has 0 saturated heterocycles. The fourth-order valence-electron chi connectivity index (χ4n) is 1.31. The maximum atomic E-state index is 11.2. The van der Waals surface area contributed by atoms with Gasteiger partial charge in [-0.15, -0.1) is 0 Å². The molecule has 0 aliphatic rings. The molecule has 0 aliphatic heterocycles. The van der Waals surface area contributed by atoms with Gasteiger partial charge in [0.05, 0.1) is 6.10 Å². The second-order valence-corrected chi connectivity index (χ2v) is 5.13. The Morgan fingerprint density at radius 1 is 1.41 bits per heavy atom. The van der Waals surface area contributed by atoms with E-state index in [1.54, 1.807) is 6.92 Å². The Kier molecular flexibility index (Phi) is 7.39. The second-order valence-electron chi connectivity index (χ2n) is 5.13. The summed E-state index contributed by atoms with van der Waals surface area (Å²) in [7, 11) is 0. The average molecular weight is 245 g/mol. The van der Waals surface area contributed by atoms with Gasteiger partial charge in [0.15, 0.2) is 0 Å². The minimum absolute atomic E-state index is 0.166. The van der Waals surface area contributed by atoms with Crippen LogP contribution in [0, 0.1) is 5.92 Å². The first-order valence-corrected chi connectivity index (χ1v) is 6.43. The van der Waals surface area contributed by atoms with Gasteiger partial charge >= 0.3 is 5.97 Å². The fraction of sp³-hybridized carbons (Fsp3) is 0.923.